The quantitative estimate of drug-likeness (QED) is 0.392. The minimum Gasteiger partial charge on any atom is -0.493 e. The second-order valence-electron chi connectivity index (χ2n) is 4.47. The molecule has 1 N–H and O–H groups in total. The van der Waals surface area contributed by atoms with Gasteiger partial charge in [-0.05, 0) is 24.0 Å². The molecular weight excluding hydrogens is 310 g/mol. The summed E-state index contributed by atoms with van der Waals surface area (Å²) in [4.78, 5) is 4.35. The highest BCUT2D eigenvalue weighted by atomic mass is 32.2. The van der Waals surface area contributed by atoms with Crippen molar-refractivity contribution in [2.24, 2.45) is 4.99 Å². The van der Waals surface area contributed by atoms with E-state index in [0.717, 1.165) is 5.56 Å². The minimum atomic E-state index is 0.464. The van der Waals surface area contributed by atoms with E-state index in [-0.39, 0.29) is 0 Å². The normalized spacial score (nSPS) is 10.7. The Morgan fingerprint density at radius 2 is 2.00 bits per heavy atom. The van der Waals surface area contributed by atoms with Crippen LogP contribution in [0.5, 0.6) is 11.5 Å². The van der Waals surface area contributed by atoms with Crippen molar-refractivity contribution in [2.75, 3.05) is 13.4 Å². The van der Waals surface area contributed by atoms with Gasteiger partial charge in [-0.1, -0.05) is 42.1 Å². The molecule has 5 nitrogen and oxygen atoms in total. The van der Waals surface area contributed by atoms with Crippen LogP contribution in [0.15, 0.2) is 53.5 Å². The molecule has 6 heteroatoms. The first kappa shape index (κ1) is 16.7. The lowest BCUT2D eigenvalue weighted by Crippen LogP contribution is -2.12. The number of thioether (sulfide) groups is 1. The van der Waals surface area contributed by atoms with Gasteiger partial charge in [-0.15, -0.1) is 0 Å². The van der Waals surface area contributed by atoms with Gasteiger partial charge in [0.2, 0.25) is 0 Å². The van der Waals surface area contributed by atoms with E-state index in [9.17, 15) is 0 Å². The van der Waals surface area contributed by atoms with Crippen LogP contribution in [0.1, 0.15) is 5.56 Å². The number of amidine groups is 1. The molecule has 0 unspecified atom stereocenters. The lowest BCUT2D eigenvalue weighted by Gasteiger charge is -2.11. The maximum Gasteiger partial charge on any atom is 0.183 e. The van der Waals surface area contributed by atoms with E-state index in [4.69, 9.17) is 14.7 Å². The molecule has 118 valence electrons. The van der Waals surface area contributed by atoms with Crippen LogP contribution in [0.25, 0.3) is 0 Å². The van der Waals surface area contributed by atoms with Gasteiger partial charge in [0.05, 0.1) is 12.8 Å². The Balaban J connectivity index is 2.15. The highest BCUT2D eigenvalue weighted by Crippen LogP contribution is 2.32. The van der Waals surface area contributed by atoms with Crippen molar-refractivity contribution < 1.29 is 9.47 Å². The molecule has 2 aromatic rings. The Labute approximate surface area is 140 Å². The number of benzene rings is 2. The number of nitriles is 1. The fraction of sp³-hybridized carbons (Fsp3) is 0.176. The summed E-state index contributed by atoms with van der Waals surface area (Å²) in [6.45, 7) is 0.464. The van der Waals surface area contributed by atoms with Gasteiger partial charge in [0.25, 0.3) is 0 Å². The summed E-state index contributed by atoms with van der Waals surface area (Å²) < 4.78 is 11.2. The van der Waals surface area contributed by atoms with E-state index in [1.54, 1.807) is 13.2 Å². The zero-order chi connectivity index (χ0) is 16.5. The summed E-state index contributed by atoms with van der Waals surface area (Å²) in [7, 11) is 1.58. The molecule has 0 saturated heterocycles. The van der Waals surface area contributed by atoms with Gasteiger partial charge in [0.15, 0.2) is 22.9 Å². The third-order valence-electron chi connectivity index (χ3n) is 2.97. The Bertz CT molecular complexity index is 712. The average molecular weight is 327 g/mol. The number of nitrogens with one attached hydrogen (secondary N) is 1. The van der Waals surface area contributed by atoms with Gasteiger partial charge in [0.1, 0.15) is 6.61 Å². The molecule has 0 amide bonds. The monoisotopic (exact) mass is 327 g/mol. The van der Waals surface area contributed by atoms with Crippen molar-refractivity contribution >= 4 is 22.6 Å². The maximum absolute atomic E-state index is 8.67. The van der Waals surface area contributed by atoms with Crippen molar-refractivity contribution in [2.45, 2.75) is 6.61 Å². The zero-order valence-corrected chi connectivity index (χ0v) is 13.8. The van der Waals surface area contributed by atoms with Crippen molar-refractivity contribution in [3.8, 4) is 17.7 Å². The van der Waals surface area contributed by atoms with E-state index in [1.165, 1.54) is 11.8 Å². The van der Waals surface area contributed by atoms with Crippen LogP contribution in [-0.4, -0.2) is 18.5 Å². The molecule has 0 heterocycles. The molecule has 23 heavy (non-hydrogen) atoms. The molecule has 0 aromatic heterocycles. The smallest absolute Gasteiger partial charge is 0.183 e. The number of rotatable bonds is 5. The number of nitrogens with zero attached hydrogens (tertiary/aromatic N) is 2. The summed E-state index contributed by atoms with van der Waals surface area (Å²) in [6.07, 6.45) is 3.70. The molecule has 0 aliphatic rings. The Kier molecular flexibility index (Phi) is 6.33. The molecule has 0 spiro atoms. The van der Waals surface area contributed by atoms with Gasteiger partial charge in [-0.2, -0.15) is 5.26 Å². The lowest BCUT2D eigenvalue weighted by molar-refractivity contribution is 0.284. The summed E-state index contributed by atoms with van der Waals surface area (Å²) in [5.74, 6) is 1.24. The zero-order valence-electron chi connectivity index (χ0n) is 12.9. The second-order valence-corrected chi connectivity index (χ2v) is 5.26. The number of hydrogen-bond donors (Lipinski definition) is 1. The third-order valence-corrected chi connectivity index (χ3v) is 3.55. The SMILES string of the molecule is COc1cc(N=C(NC#N)SC)ccc1OCc1ccccc1. The standard InChI is InChI=1S/C17H17N3O2S/c1-21-16-10-14(20-17(23-2)19-12-18)8-9-15(16)22-11-13-6-4-3-5-7-13/h3-10H,11H2,1-2H3,(H,19,20). The molecule has 2 rings (SSSR count). The second kappa shape index (κ2) is 8.71. The van der Waals surface area contributed by atoms with E-state index < -0.39 is 0 Å². The van der Waals surface area contributed by atoms with Gasteiger partial charge in [-0.3, -0.25) is 5.32 Å². The third kappa shape index (κ3) is 4.94. The molecule has 0 saturated carbocycles. The highest BCUT2D eigenvalue weighted by Gasteiger charge is 2.07. The molecule has 2 aromatic carbocycles. The van der Waals surface area contributed by atoms with Crippen LogP contribution in [0.4, 0.5) is 5.69 Å². The van der Waals surface area contributed by atoms with Crippen molar-refractivity contribution in [1.82, 2.24) is 5.32 Å². The largest absolute Gasteiger partial charge is 0.493 e. The van der Waals surface area contributed by atoms with Gasteiger partial charge in [0, 0.05) is 6.07 Å². The number of ether oxygens (including phenoxy) is 2. The molecule has 0 bridgehead atoms. The van der Waals surface area contributed by atoms with Gasteiger partial charge in [-0.25, -0.2) is 4.99 Å². The number of aliphatic imine (C=N–C) groups is 1. The highest BCUT2D eigenvalue weighted by molar-refractivity contribution is 8.13. The topological polar surface area (TPSA) is 66.6 Å². The van der Waals surface area contributed by atoms with E-state index in [0.29, 0.717) is 29.0 Å². The molecule has 0 atom stereocenters. The minimum absolute atomic E-state index is 0.464. The molecule has 0 radical (unpaired) electrons. The Morgan fingerprint density at radius 1 is 1.22 bits per heavy atom. The van der Waals surface area contributed by atoms with Crippen LogP contribution in [0.3, 0.4) is 0 Å². The first-order valence-corrected chi connectivity index (χ1v) is 8.12. The van der Waals surface area contributed by atoms with E-state index in [2.05, 4.69) is 10.3 Å². The Morgan fingerprint density at radius 3 is 2.65 bits per heavy atom. The van der Waals surface area contributed by atoms with Crippen LogP contribution < -0.4 is 14.8 Å². The fourth-order valence-electron chi connectivity index (χ4n) is 1.87. The van der Waals surface area contributed by atoms with Crippen LogP contribution in [0, 0.1) is 11.5 Å². The van der Waals surface area contributed by atoms with E-state index in [1.807, 2.05) is 54.9 Å². The maximum atomic E-state index is 8.67. The van der Waals surface area contributed by atoms with E-state index >= 15 is 0 Å². The fourth-order valence-corrected chi connectivity index (χ4v) is 2.21. The lowest BCUT2D eigenvalue weighted by atomic mass is 10.2. The first-order chi connectivity index (χ1) is 11.3. The van der Waals surface area contributed by atoms with Crippen molar-refractivity contribution in [3.05, 3.63) is 54.1 Å². The predicted molar refractivity (Wildman–Crippen MR) is 93.1 cm³/mol. The first-order valence-electron chi connectivity index (χ1n) is 6.89. The van der Waals surface area contributed by atoms with Gasteiger partial charge >= 0.3 is 0 Å². The Hall–Kier alpha value is -2.65. The summed E-state index contributed by atoms with van der Waals surface area (Å²) >= 11 is 1.36. The number of hydrogen-bond acceptors (Lipinski definition) is 5. The number of methoxy groups -OCH3 is 1. The van der Waals surface area contributed by atoms with Crippen LogP contribution in [-0.2, 0) is 6.61 Å². The molecular formula is C17H17N3O2S. The summed E-state index contributed by atoms with van der Waals surface area (Å²) in [5, 5.41) is 11.7. The summed E-state index contributed by atoms with van der Waals surface area (Å²) in [5.41, 5.74) is 1.76. The van der Waals surface area contributed by atoms with Gasteiger partial charge < -0.3 is 9.47 Å². The van der Waals surface area contributed by atoms with Crippen LogP contribution >= 0.6 is 11.8 Å². The average Bonchev–Trinajstić information content (AvgIpc) is 2.60. The molecule has 0 aliphatic carbocycles. The van der Waals surface area contributed by atoms with Crippen molar-refractivity contribution in [1.29, 1.82) is 5.26 Å². The van der Waals surface area contributed by atoms with Crippen LogP contribution in [0.2, 0.25) is 0 Å². The predicted octanol–water partition coefficient (Wildman–Crippen LogP) is 3.70. The van der Waals surface area contributed by atoms with Crippen molar-refractivity contribution in [3.63, 3.8) is 0 Å². The molecule has 0 fully saturated rings. The summed E-state index contributed by atoms with van der Waals surface area (Å²) in [6, 6.07) is 15.3. The molecule has 0 aliphatic heterocycles.